The SMILES string of the molecule is CC(NC(=O)c1c(N)nn2cccnc12)c1nc2cccc(C#Cc3cn(C)c4ccccc34)c2c(=O)n1-c1ccccc1. The molecule has 0 radical (unpaired) electrons. The van der Waals surface area contributed by atoms with E-state index in [1.165, 1.54) is 9.08 Å². The van der Waals surface area contributed by atoms with Crippen molar-refractivity contribution in [3.63, 3.8) is 0 Å². The maximum atomic E-state index is 14.3. The summed E-state index contributed by atoms with van der Waals surface area (Å²) in [4.78, 5) is 37.0. The number of amides is 1. The number of hydrogen-bond acceptors (Lipinski definition) is 6. The van der Waals surface area contributed by atoms with E-state index in [0.29, 0.717) is 33.6 Å². The summed E-state index contributed by atoms with van der Waals surface area (Å²) in [6, 6.07) is 23.7. The number of nitrogens with zero attached hydrogens (tertiary/aromatic N) is 6. The van der Waals surface area contributed by atoms with Crippen molar-refractivity contribution in [3.05, 3.63) is 130 Å². The van der Waals surface area contributed by atoms with Crippen molar-refractivity contribution in [3.8, 4) is 17.5 Å². The van der Waals surface area contributed by atoms with Crippen LogP contribution < -0.4 is 16.6 Å². The van der Waals surface area contributed by atoms with Gasteiger partial charge in [0.15, 0.2) is 11.5 Å². The first-order chi connectivity index (χ1) is 21.4. The zero-order valence-corrected chi connectivity index (χ0v) is 23.9. The van der Waals surface area contributed by atoms with Gasteiger partial charge in [-0.2, -0.15) is 0 Å². The van der Waals surface area contributed by atoms with Crippen LogP contribution in [0.3, 0.4) is 0 Å². The molecular weight excluding hydrogens is 552 g/mol. The van der Waals surface area contributed by atoms with Gasteiger partial charge in [0.05, 0.1) is 28.2 Å². The summed E-state index contributed by atoms with van der Waals surface area (Å²) in [7, 11) is 1.98. The fourth-order valence-electron chi connectivity index (χ4n) is 5.50. The molecule has 1 amide bonds. The highest BCUT2D eigenvalue weighted by Gasteiger charge is 2.25. The van der Waals surface area contributed by atoms with Gasteiger partial charge in [0, 0.05) is 42.1 Å². The molecule has 10 heteroatoms. The number of carbonyl (C=O) groups is 1. The second-order valence-corrected chi connectivity index (χ2v) is 10.4. The lowest BCUT2D eigenvalue weighted by Gasteiger charge is -2.20. The van der Waals surface area contributed by atoms with E-state index in [4.69, 9.17) is 10.7 Å². The Hall–Kier alpha value is -6.21. The predicted octanol–water partition coefficient (Wildman–Crippen LogP) is 4.39. The molecule has 1 atom stereocenters. The Labute approximate surface area is 251 Å². The minimum Gasteiger partial charge on any atom is -0.381 e. The number of nitrogen functional groups attached to an aromatic ring is 1. The fraction of sp³-hybridized carbons (Fsp3) is 0.0882. The van der Waals surface area contributed by atoms with Gasteiger partial charge in [0.2, 0.25) is 0 Å². The monoisotopic (exact) mass is 578 g/mol. The van der Waals surface area contributed by atoms with Crippen LogP contribution in [-0.4, -0.2) is 34.6 Å². The van der Waals surface area contributed by atoms with Crippen molar-refractivity contribution in [1.29, 1.82) is 0 Å². The zero-order valence-electron chi connectivity index (χ0n) is 23.9. The van der Waals surface area contributed by atoms with Gasteiger partial charge in [-0.25, -0.2) is 14.5 Å². The van der Waals surface area contributed by atoms with E-state index in [1.54, 1.807) is 31.5 Å². The van der Waals surface area contributed by atoms with Crippen LogP contribution in [0.5, 0.6) is 0 Å². The Bertz CT molecular complexity index is 2360. The van der Waals surface area contributed by atoms with Gasteiger partial charge in [-0.05, 0) is 43.3 Å². The molecule has 44 heavy (non-hydrogen) atoms. The Morgan fingerprint density at radius 1 is 0.955 bits per heavy atom. The van der Waals surface area contributed by atoms with E-state index < -0.39 is 11.9 Å². The third-order valence-electron chi connectivity index (χ3n) is 7.55. The molecule has 7 aromatic rings. The number of rotatable bonds is 4. The van der Waals surface area contributed by atoms with Gasteiger partial charge in [-0.3, -0.25) is 14.2 Å². The summed E-state index contributed by atoms with van der Waals surface area (Å²) in [6.45, 7) is 1.77. The summed E-state index contributed by atoms with van der Waals surface area (Å²) < 4.78 is 5.00. The van der Waals surface area contributed by atoms with Crippen molar-refractivity contribution in [2.24, 2.45) is 7.05 Å². The normalized spacial score (nSPS) is 11.9. The molecule has 0 aliphatic carbocycles. The number of carbonyl (C=O) groups excluding carboxylic acids is 1. The van der Waals surface area contributed by atoms with Crippen LogP contribution in [0, 0.1) is 11.8 Å². The lowest BCUT2D eigenvalue weighted by molar-refractivity contribution is 0.0940. The summed E-state index contributed by atoms with van der Waals surface area (Å²) in [6.07, 6.45) is 5.21. The van der Waals surface area contributed by atoms with Crippen LogP contribution in [0.1, 0.15) is 40.3 Å². The highest BCUT2D eigenvalue weighted by Crippen LogP contribution is 2.23. The van der Waals surface area contributed by atoms with Gasteiger partial charge >= 0.3 is 0 Å². The maximum Gasteiger partial charge on any atom is 0.267 e. The number of aromatic nitrogens is 6. The van der Waals surface area contributed by atoms with Crippen LogP contribution in [0.2, 0.25) is 0 Å². The van der Waals surface area contributed by atoms with Gasteiger partial charge in [0.25, 0.3) is 11.5 Å². The van der Waals surface area contributed by atoms with Gasteiger partial charge < -0.3 is 15.6 Å². The predicted molar refractivity (Wildman–Crippen MR) is 170 cm³/mol. The Morgan fingerprint density at radius 3 is 2.57 bits per heavy atom. The number of hydrogen-bond donors (Lipinski definition) is 2. The summed E-state index contributed by atoms with van der Waals surface area (Å²) >= 11 is 0. The van der Waals surface area contributed by atoms with Crippen molar-refractivity contribution >= 4 is 39.2 Å². The van der Waals surface area contributed by atoms with Gasteiger partial charge in [0.1, 0.15) is 11.4 Å². The van der Waals surface area contributed by atoms with Crippen molar-refractivity contribution < 1.29 is 4.79 Å². The molecule has 0 aliphatic heterocycles. The van der Waals surface area contributed by atoms with Crippen LogP contribution in [0.25, 0.3) is 33.1 Å². The molecule has 0 aliphatic rings. The lowest BCUT2D eigenvalue weighted by atomic mass is 10.1. The lowest BCUT2D eigenvalue weighted by Crippen LogP contribution is -2.33. The van der Waals surface area contributed by atoms with Crippen LogP contribution >= 0.6 is 0 Å². The van der Waals surface area contributed by atoms with Crippen molar-refractivity contribution in [2.75, 3.05) is 5.73 Å². The Morgan fingerprint density at radius 2 is 1.73 bits per heavy atom. The number of aryl methyl sites for hydroxylation is 1. The third kappa shape index (κ3) is 4.44. The molecule has 1 unspecified atom stereocenters. The van der Waals surface area contributed by atoms with E-state index in [9.17, 15) is 9.59 Å². The smallest absolute Gasteiger partial charge is 0.267 e. The standard InChI is InChI=1S/C34H26N8O2/c1-21(37-33(43)29-30(35)39-41-19-9-18-36-32(29)41)31-38-26-14-8-10-22(28(26)34(44)42(31)24-11-4-3-5-12-24)16-17-23-20-40(2)27-15-7-6-13-25(23)27/h3-15,18-21H,1-2H3,(H2,35,39)(H,37,43). The van der Waals surface area contributed by atoms with E-state index in [-0.39, 0.29) is 16.9 Å². The first-order valence-corrected chi connectivity index (χ1v) is 14.0. The Kier molecular flexibility index (Phi) is 6.40. The molecule has 0 saturated heterocycles. The van der Waals surface area contributed by atoms with E-state index in [2.05, 4.69) is 27.2 Å². The van der Waals surface area contributed by atoms with E-state index in [1.807, 2.05) is 84.5 Å². The molecule has 0 bridgehead atoms. The highest BCUT2D eigenvalue weighted by molar-refractivity contribution is 6.04. The van der Waals surface area contributed by atoms with Gasteiger partial charge in [-0.15, -0.1) is 5.10 Å². The molecule has 0 saturated carbocycles. The molecule has 214 valence electrons. The minimum atomic E-state index is -0.691. The van der Waals surface area contributed by atoms with Crippen LogP contribution in [0.4, 0.5) is 5.82 Å². The topological polar surface area (TPSA) is 125 Å². The molecule has 3 N–H and O–H groups in total. The second kappa shape index (κ2) is 10.6. The molecule has 4 heterocycles. The second-order valence-electron chi connectivity index (χ2n) is 10.4. The van der Waals surface area contributed by atoms with Crippen molar-refractivity contribution in [1.82, 2.24) is 34.0 Å². The number of nitrogens with one attached hydrogen (secondary N) is 1. The van der Waals surface area contributed by atoms with Crippen LogP contribution in [0.15, 0.2) is 102 Å². The van der Waals surface area contributed by atoms with Crippen LogP contribution in [-0.2, 0) is 7.05 Å². The number of para-hydroxylation sites is 2. The maximum absolute atomic E-state index is 14.3. The largest absolute Gasteiger partial charge is 0.381 e. The average Bonchev–Trinajstić information content (AvgIpc) is 3.55. The molecule has 0 fully saturated rings. The van der Waals surface area contributed by atoms with E-state index in [0.717, 1.165) is 16.5 Å². The molecular formula is C34H26N8O2. The first kappa shape index (κ1) is 26.7. The average molecular weight is 579 g/mol. The summed E-state index contributed by atoms with van der Waals surface area (Å²) in [5.74, 6) is 6.43. The minimum absolute atomic E-state index is 0.0507. The number of benzene rings is 3. The Balaban J connectivity index is 1.35. The van der Waals surface area contributed by atoms with E-state index >= 15 is 0 Å². The fourth-order valence-corrected chi connectivity index (χ4v) is 5.50. The summed E-state index contributed by atoms with van der Waals surface area (Å²) in [5, 5.41) is 8.57. The number of anilines is 1. The third-order valence-corrected chi connectivity index (χ3v) is 7.55. The quantitative estimate of drug-likeness (QED) is 0.299. The number of fused-ring (bicyclic) bond motifs is 3. The van der Waals surface area contributed by atoms with Gasteiger partial charge in [-0.1, -0.05) is 54.3 Å². The molecule has 7 rings (SSSR count). The molecule has 10 nitrogen and oxygen atoms in total. The first-order valence-electron chi connectivity index (χ1n) is 14.0. The number of nitrogens with two attached hydrogens (primary N) is 1. The molecule has 4 aromatic heterocycles. The molecule has 3 aromatic carbocycles. The highest BCUT2D eigenvalue weighted by atomic mass is 16.2. The van der Waals surface area contributed by atoms with Crippen molar-refractivity contribution in [2.45, 2.75) is 13.0 Å². The zero-order chi connectivity index (χ0) is 30.4. The molecule has 0 spiro atoms. The summed E-state index contributed by atoms with van der Waals surface area (Å²) in [5.41, 5.74) is 9.86.